The average molecular weight is 1490 g/mol. The number of aryl methyl sites for hydroxylation is 1. The van der Waals surface area contributed by atoms with E-state index in [4.69, 9.17) is 79.8 Å². The second-order valence-corrected chi connectivity index (χ2v) is 30.3. The van der Waals surface area contributed by atoms with Crippen molar-refractivity contribution in [3.8, 4) is 0 Å². The summed E-state index contributed by atoms with van der Waals surface area (Å²) in [4.78, 5) is 132. The van der Waals surface area contributed by atoms with Crippen molar-refractivity contribution in [1.82, 2.24) is 73.1 Å². The molecule has 0 aliphatic carbocycles. The van der Waals surface area contributed by atoms with Gasteiger partial charge in [-0.25, -0.2) is 47.7 Å². The quantitative estimate of drug-likeness (QED) is 0.0187. The summed E-state index contributed by atoms with van der Waals surface area (Å²) >= 11 is 5.41. The van der Waals surface area contributed by atoms with Crippen LogP contribution in [0.1, 0.15) is 24.9 Å². The van der Waals surface area contributed by atoms with Gasteiger partial charge in [0.2, 0.25) is 23.6 Å². The minimum atomic E-state index is -6.27. The van der Waals surface area contributed by atoms with Crippen molar-refractivity contribution < 1.29 is 132 Å². The zero-order valence-electron chi connectivity index (χ0n) is 48.9. The Bertz CT molecular complexity index is 4770. The Morgan fingerprint density at radius 1 is 0.567 bits per heavy atom. The van der Waals surface area contributed by atoms with Crippen LogP contribution in [-0.2, 0) is 96.6 Å². The van der Waals surface area contributed by atoms with Crippen LogP contribution < -0.4 is 38.4 Å². The Morgan fingerprint density at radius 3 is 1.68 bits per heavy atom. The number of ether oxygens (including phenoxy) is 5. The van der Waals surface area contributed by atoms with Crippen LogP contribution in [0.25, 0.3) is 44.7 Å². The standard InChI is InChI=1S/C42H54N19O30P5S/c1-57-12-61(32-20(57)35(69)56-42(45)53-32)37-24(65)22(63)15(85-37)5-81-93(72,73)90-95(76,77)91-94(74,75)82-6-17-27(28(79-2)39(87-17)58-9-48-13-3-46-8-47-29(13)58)89-96(78,97)83-7-16-26(25(66)38(86-16)60-11-50-19-31(60)52-41(44)55-34(19)68)88-92(70,71)80-4-14-21(62)23(64)36(84-14)59-10-49-18-30(59)51-40(43)54-33(18)67/h3,8-12,14-17,21-28,36-39,62-66H,4-7H2,1-2H3,(H13-,43,44,45,51,52,53,54,55,56,67,68,69,70,71,72,73,74,75,76,77,78,97)/p+1. The number of nitrogens with zero attached hydrogens (tertiary/aromatic N) is 13. The van der Waals surface area contributed by atoms with E-state index in [1.54, 1.807) is 0 Å². The van der Waals surface area contributed by atoms with Gasteiger partial charge in [0.15, 0.2) is 53.0 Å². The number of H-pyrrole nitrogens is 3. The number of hydrogen-bond acceptors (Lipinski definition) is 37. The Hall–Kier alpha value is -6.35. The molecule has 8 aromatic rings. The van der Waals surface area contributed by atoms with Gasteiger partial charge < -0.3 is 95.4 Å². The van der Waals surface area contributed by atoms with Crippen LogP contribution in [0.3, 0.4) is 0 Å². The predicted molar refractivity (Wildman–Crippen MR) is 314 cm³/mol. The molecule has 49 nitrogen and oxygen atoms in total. The lowest BCUT2D eigenvalue weighted by atomic mass is 10.1. The lowest BCUT2D eigenvalue weighted by Crippen LogP contribution is -2.46. The maximum atomic E-state index is 13.9. The summed E-state index contributed by atoms with van der Waals surface area (Å²) in [7, 11) is -21.2. The van der Waals surface area contributed by atoms with Crippen LogP contribution in [0.2, 0.25) is 0 Å². The highest BCUT2D eigenvalue weighted by molar-refractivity contribution is 8.07. The van der Waals surface area contributed by atoms with Crippen LogP contribution in [0.5, 0.6) is 0 Å². The van der Waals surface area contributed by atoms with Gasteiger partial charge in [0.25, 0.3) is 22.6 Å². The van der Waals surface area contributed by atoms with Crippen molar-refractivity contribution in [3.63, 3.8) is 0 Å². The van der Waals surface area contributed by atoms with Gasteiger partial charge in [-0.15, -0.1) is 0 Å². The number of phosphoric ester groups is 3. The molecule has 12 rings (SSSR count). The van der Waals surface area contributed by atoms with Crippen LogP contribution >= 0.6 is 38.0 Å². The van der Waals surface area contributed by atoms with E-state index in [1.165, 1.54) is 35.0 Å². The van der Waals surface area contributed by atoms with E-state index in [-0.39, 0.29) is 56.6 Å². The smallest absolute Gasteiger partial charge is 0.387 e. The Kier molecular flexibility index (Phi) is 19.4. The van der Waals surface area contributed by atoms with Gasteiger partial charge in [0.1, 0.15) is 85.1 Å². The van der Waals surface area contributed by atoms with Gasteiger partial charge >= 0.3 is 43.7 Å². The molecule has 0 spiro atoms. The zero-order valence-corrected chi connectivity index (χ0v) is 54.1. The summed E-state index contributed by atoms with van der Waals surface area (Å²) in [5.41, 5.74) is 14.0. The molecule has 0 amide bonds. The third-order valence-electron chi connectivity index (χ3n) is 15.1. The molecule has 4 saturated heterocycles. The highest BCUT2D eigenvalue weighted by Crippen LogP contribution is 2.68. The van der Waals surface area contributed by atoms with Gasteiger partial charge in [-0.3, -0.25) is 70.2 Å². The van der Waals surface area contributed by atoms with Crippen molar-refractivity contribution in [2.45, 2.75) is 98.2 Å². The van der Waals surface area contributed by atoms with Crippen molar-refractivity contribution in [2.75, 3.05) is 50.7 Å². The van der Waals surface area contributed by atoms with E-state index in [2.05, 4.69) is 63.4 Å². The Labute approximate surface area is 540 Å². The van der Waals surface area contributed by atoms with Gasteiger partial charge in [0, 0.05) is 7.11 Å². The summed E-state index contributed by atoms with van der Waals surface area (Å²) in [6.07, 6.45) is -21.5. The lowest BCUT2D eigenvalue weighted by Gasteiger charge is -2.28. The average Bonchev–Trinajstić information content (AvgIpc) is 1.63. The maximum absolute atomic E-state index is 13.9. The number of phosphoric acid groups is 4. The molecule has 8 aromatic heterocycles. The monoisotopic (exact) mass is 1490 g/mol. The highest BCUT2D eigenvalue weighted by atomic mass is 32.5. The lowest BCUT2D eigenvalue weighted by molar-refractivity contribution is -0.745. The topological polar surface area (TPSA) is 694 Å². The summed E-state index contributed by atoms with van der Waals surface area (Å²) in [5, 5.41) is 55.5. The Balaban J connectivity index is 0.734. The number of hydrogen-bond donors (Lipinski definition) is 16. The number of rotatable bonds is 25. The summed E-state index contributed by atoms with van der Waals surface area (Å²) in [6.45, 7) is -9.50. The highest BCUT2D eigenvalue weighted by Gasteiger charge is 2.55. The third-order valence-corrected chi connectivity index (χ3v) is 21.9. The minimum Gasteiger partial charge on any atom is -0.387 e. The third kappa shape index (κ3) is 14.3. The molecule has 4 fully saturated rings. The van der Waals surface area contributed by atoms with Gasteiger partial charge in [-0.2, -0.15) is 18.6 Å². The first-order valence-corrected chi connectivity index (χ1v) is 36.1. The normalized spacial score (nSPS) is 30.9. The van der Waals surface area contributed by atoms with E-state index in [9.17, 15) is 82.6 Å². The van der Waals surface area contributed by atoms with E-state index < -0.39 is 185 Å². The summed E-state index contributed by atoms with van der Waals surface area (Å²) < 4.78 is 129. The molecule has 0 aromatic carbocycles. The molecule has 97 heavy (non-hydrogen) atoms. The van der Waals surface area contributed by atoms with Crippen LogP contribution in [0.4, 0.5) is 17.8 Å². The molecule has 4 aliphatic rings. The maximum Gasteiger partial charge on any atom is 0.490 e. The van der Waals surface area contributed by atoms with Crippen LogP contribution in [-0.4, -0.2) is 230 Å². The van der Waals surface area contributed by atoms with Gasteiger partial charge in [-0.05, 0) is 11.8 Å². The second kappa shape index (κ2) is 26.6. The van der Waals surface area contributed by atoms with E-state index in [1.807, 2.05) is 0 Å². The molecule has 4 aliphatic heterocycles. The second-order valence-electron chi connectivity index (χ2n) is 21.4. The van der Waals surface area contributed by atoms with Gasteiger partial charge in [0.05, 0.1) is 58.7 Å². The molecule has 12 heterocycles. The van der Waals surface area contributed by atoms with Crippen molar-refractivity contribution in [2.24, 2.45) is 7.05 Å². The first-order valence-electron chi connectivity index (χ1n) is 27.5. The fraction of sp³-hybridized carbons (Fsp3) is 0.524. The zero-order chi connectivity index (χ0) is 69.7. The SMILES string of the molecule is COC1C(OP(O)(=S)OCC2OC(n3cnc4c(=O)[nH]c(N)nc43)C(O)C2OP(=O)(O)OCC2OC(n3cnc4c(=O)[nH]c(N)nc43)C(O)C2O)C(COP(=O)(O)OP(=O)(O)OP(=O)(O)OCC2OC([n+]3cn(C)c4c(=O)[nH]c(N)nc43)C(O)C2O)OC1n1cnc2cncnc21. The number of nitrogen functional groups attached to an aromatic ring is 3. The molecular formula is C42H55N19O30P5S+. The van der Waals surface area contributed by atoms with Crippen molar-refractivity contribution in [1.29, 1.82) is 0 Å². The number of imidazole rings is 4. The molecule has 0 radical (unpaired) electrons. The first kappa shape index (κ1) is 70.5. The van der Waals surface area contributed by atoms with E-state index in [0.717, 1.165) is 39.8 Å². The summed E-state index contributed by atoms with van der Waals surface area (Å²) in [6, 6.07) is 0. The van der Waals surface area contributed by atoms with E-state index in [0.29, 0.717) is 0 Å². The van der Waals surface area contributed by atoms with Crippen molar-refractivity contribution in [3.05, 3.63) is 68.9 Å². The molecular weight excluding hydrogens is 1440 g/mol. The predicted octanol–water partition coefficient (Wildman–Crippen LogP) is -5.70. The molecule has 0 saturated carbocycles. The number of fused-ring (bicyclic) bond motifs is 4. The number of nitrogens with one attached hydrogen (secondary N) is 3. The molecule has 21 unspecified atom stereocenters. The number of aliphatic hydroxyl groups excluding tert-OH is 5. The number of aromatic nitrogens is 16. The number of nitrogens with two attached hydrogens (primary N) is 3. The molecule has 55 heteroatoms. The number of aliphatic hydroxyl groups is 5. The molecule has 528 valence electrons. The van der Waals surface area contributed by atoms with E-state index >= 15 is 0 Å². The fourth-order valence-corrected chi connectivity index (χ4v) is 16.8. The molecule has 21 atom stereocenters. The number of anilines is 3. The van der Waals surface area contributed by atoms with Crippen LogP contribution in [0, 0.1) is 0 Å². The van der Waals surface area contributed by atoms with Gasteiger partial charge in [-0.1, -0.05) is 4.98 Å². The number of methoxy groups -OCH3 is 1. The molecule has 0 bridgehead atoms. The minimum absolute atomic E-state index is 0.0432. The summed E-state index contributed by atoms with van der Waals surface area (Å²) in [5.74, 6) is -1.09. The Morgan fingerprint density at radius 2 is 1.06 bits per heavy atom. The first-order chi connectivity index (χ1) is 45.6. The van der Waals surface area contributed by atoms with Crippen molar-refractivity contribution >= 4 is 112 Å². The fourth-order valence-electron chi connectivity index (χ4n) is 10.9. The molecule has 19 N–H and O–H groups in total. The number of aromatic amines is 3. The van der Waals surface area contributed by atoms with Crippen LogP contribution in [0.15, 0.2) is 52.2 Å². The largest absolute Gasteiger partial charge is 0.490 e.